The van der Waals surface area contributed by atoms with E-state index < -0.39 is 0 Å². The number of para-hydroxylation sites is 1. The third-order valence-corrected chi connectivity index (χ3v) is 3.74. The lowest BCUT2D eigenvalue weighted by Gasteiger charge is -2.16. The van der Waals surface area contributed by atoms with Gasteiger partial charge >= 0.3 is 0 Å². The molecule has 0 aliphatic carbocycles. The first-order valence-corrected chi connectivity index (χ1v) is 8.16. The van der Waals surface area contributed by atoms with E-state index in [1.165, 1.54) is 0 Å². The van der Waals surface area contributed by atoms with E-state index in [1.807, 2.05) is 32.0 Å². The molecule has 1 atom stereocenters. The molecule has 1 aromatic rings. The van der Waals surface area contributed by atoms with Gasteiger partial charge in [0.2, 0.25) is 0 Å². The van der Waals surface area contributed by atoms with Crippen LogP contribution in [0.3, 0.4) is 0 Å². The van der Waals surface area contributed by atoms with Crippen LogP contribution in [0.5, 0.6) is 5.75 Å². The lowest BCUT2D eigenvalue weighted by Crippen LogP contribution is -2.35. The Bertz CT molecular complexity index is 464. The predicted octanol–water partition coefficient (Wildman–Crippen LogP) is 3.24. The molecule has 1 aromatic carbocycles. The smallest absolute Gasteiger partial charge is 0.258 e. The number of carbonyl (C=O) groups excluding carboxylic acids is 1. The third-order valence-electron chi connectivity index (χ3n) is 3.12. The minimum atomic E-state index is -0.0946. The van der Waals surface area contributed by atoms with E-state index in [2.05, 4.69) is 40.4 Å². The van der Waals surface area contributed by atoms with E-state index >= 15 is 0 Å². The fourth-order valence-electron chi connectivity index (χ4n) is 1.72. The highest BCUT2D eigenvalue weighted by molar-refractivity contribution is 9.10. The van der Waals surface area contributed by atoms with Gasteiger partial charge in [-0.3, -0.25) is 4.79 Å². The van der Waals surface area contributed by atoms with Crippen molar-refractivity contribution in [2.24, 2.45) is 0 Å². The molecular formula is C16H25BrN2O2. The fraction of sp³-hybridized carbons (Fsp3) is 0.562. The van der Waals surface area contributed by atoms with Gasteiger partial charge in [0.25, 0.3) is 5.91 Å². The Labute approximate surface area is 135 Å². The molecule has 5 heteroatoms. The summed E-state index contributed by atoms with van der Waals surface area (Å²) in [5.41, 5.74) is 1.04. The molecule has 118 valence electrons. The van der Waals surface area contributed by atoms with Gasteiger partial charge < -0.3 is 15.4 Å². The lowest BCUT2D eigenvalue weighted by molar-refractivity contribution is -0.123. The van der Waals surface area contributed by atoms with E-state index in [0.717, 1.165) is 22.2 Å². The Morgan fingerprint density at radius 1 is 1.33 bits per heavy atom. The lowest BCUT2D eigenvalue weighted by atomic mass is 10.2. The van der Waals surface area contributed by atoms with Crippen LogP contribution in [0.4, 0.5) is 0 Å². The molecular weight excluding hydrogens is 332 g/mol. The molecule has 21 heavy (non-hydrogen) atoms. The summed E-state index contributed by atoms with van der Waals surface area (Å²) in [6.07, 6.45) is 0.907. The average Bonchev–Trinajstić information content (AvgIpc) is 2.43. The Morgan fingerprint density at radius 2 is 2.05 bits per heavy atom. The molecule has 2 N–H and O–H groups in total. The van der Waals surface area contributed by atoms with Gasteiger partial charge in [-0.1, -0.05) is 32.9 Å². The number of hydrogen-bond donors (Lipinski definition) is 2. The van der Waals surface area contributed by atoms with Gasteiger partial charge in [-0.05, 0) is 35.3 Å². The number of carbonyl (C=O) groups is 1. The van der Waals surface area contributed by atoms with Crippen molar-refractivity contribution in [2.75, 3.05) is 6.61 Å². The molecule has 0 radical (unpaired) electrons. The minimum Gasteiger partial charge on any atom is -0.482 e. The summed E-state index contributed by atoms with van der Waals surface area (Å²) in [7, 11) is 0. The summed E-state index contributed by atoms with van der Waals surface area (Å²) >= 11 is 3.48. The van der Waals surface area contributed by atoms with Crippen molar-refractivity contribution in [3.8, 4) is 5.75 Å². The van der Waals surface area contributed by atoms with Crippen LogP contribution < -0.4 is 15.4 Å². The second kappa shape index (κ2) is 9.05. The van der Waals surface area contributed by atoms with Gasteiger partial charge in [0.05, 0.1) is 4.47 Å². The maximum absolute atomic E-state index is 11.8. The van der Waals surface area contributed by atoms with Crippen LogP contribution in [0.15, 0.2) is 22.7 Å². The number of halogens is 1. The first kappa shape index (κ1) is 18.0. The van der Waals surface area contributed by atoms with Crippen molar-refractivity contribution in [1.82, 2.24) is 10.6 Å². The number of amides is 1. The number of benzene rings is 1. The quantitative estimate of drug-likeness (QED) is 0.751. The molecule has 4 nitrogen and oxygen atoms in total. The van der Waals surface area contributed by atoms with Crippen molar-refractivity contribution < 1.29 is 9.53 Å². The van der Waals surface area contributed by atoms with Crippen LogP contribution in [-0.2, 0) is 11.3 Å². The Balaban J connectivity index is 2.66. The molecule has 1 unspecified atom stereocenters. The molecule has 0 aliphatic heterocycles. The normalized spacial score (nSPS) is 12.3. The molecule has 0 aliphatic rings. The largest absolute Gasteiger partial charge is 0.482 e. The van der Waals surface area contributed by atoms with E-state index in [9.17, 15) is 4.79 Å². The van der Waals surface area contributed by atoms with Crippen LogP contribution in [0, 0.1) is 0 Å². The summed E-state index contributed by atoms with van der Waals surface area (Å²) in [5.74, 6) is 0.632. The van der Waals surface area contributed by atoms with E-state index in [1.54, 1.807) is 0 Å². The van der Waals surface area contributed by atoms with Gasteiger partial charge in [0.1, 0.15) is 5.75 Å². The van der Waals surface area contributed by atoms with Crippen molar-refractivity contribution in [3.63, 3.8) is 0 Å². The van der Waals surface area contributed by atoms with E-state index in [-0.39, 0.29) is 18.6 Å². The maximum atomic E-state index is 11.8. The third kappa shape index (κ3) is 6.48. The van der Waals surface area contributed by atoms with Gasteiger partial charge in [-0.15, -0.1) is 0 Å². The molecule has 0 heterocycles. The zero-order chi connectivity index (χ0) is 15.8. The number of ether oxygens (including phenoxy) is 1. The van der Waals surface area contributed by atoms with Crippen LogP contribution >= 0.6 is 15.9 Å². The highest BCUT2D eigenvalue weighted by Gasteiger charge is 2.12. The van der Waals surface area contributed by atoms with Gasteiger partial charge in [-0.25, -0.2) is 0 Å². The Hall–Kier alpha value is -1.07. The Kier molecular flexibility index (Phi) is 7.75. The highest BCUT2D eigenvalue weighted by atomic mass is 79.9. The summed E-state index contributed by atoms with van der Waals surface area (Å²) < 4.78 is 6.57. The summed E-state index contributed by atoms with van der Waals surface area (Å²) in [6.45, 7) is 8.95. The first-order valence-electron chi connectivity index (χ1n) is 7.37. The van der Waals surface area contributed by atoms with Crippen molar-refractivity contribution >= 4 is 21.8 Å². The number of rotatable bonds is 8. The van der Waals surface area contributed by atoms with Crippen LogP contribution in [0.1, 0.15) is 39.7 Å². The first-order chi connectivity index (χ1) is 9.93. The van der Waals surface area contributed by atoms with Crippen molar-refractivity contribution in [3.05, 3.63) is 28.2 Å². The number of hydrogen-bond acceptors (Lipinski definition) is 3. The summed E-state index contributed by atoms with van der Waals surface area (Å²) in [5, 5.41) is 6.25. The van der Waals surface area contributed by atoms with Crippen LogP contribution in [0.2, 0.25) is 0 Å². The average molecular weight is 357 g/mol. The molecule has 1 rings (SSSR count). The van der Waals surface area contributed by atoms with Gasteiger partial charge in [0.15, 0.2) is 6.61 Å². The minimum absolute atomic E-state index is 0.0294. The van der Waals surface area contributed by atoms with Crippen LogP contribution in [0.25, 0.3) is 0 Å². The van der Waals surface area contributed by atoms with Gasteiger partial charge in [-0.2, -0.15) is 0 Å². The Morgan fingerprint density at radius 3 is 2.67 bits per heavy atom. The second-order valence-electron chi connectivity index (χ2n) is 5.43. The van der Waals surface area contributed by atoms with Crippen molar-refractivity contribution in [1.29, 1.82) is 0 Å². The monoisotopic (exact) mass is 356 g/mol. The van der Waals surface area contributed by atoms with Crippen LogP contribution in [-0.4, -0.2) is 24.6 Å². The standard InChI is InChI=1S/C16H25BrN2O2/c1-5-12(4)19-15(20)10-21-16-13(9-18-11(2)3)7-6-8-14(16)17/h6-8,11-12,18H,5,9-10H2,1-4H3,(H,19,20). The van der Waals surface area contributed by atoms with E-state index in [4.69, 9.17) is 4.74 Å². The molecule has 1 amide bonds. The molecule has 0 fully saturated rings. The highest BCUT2D eigenvalue weighted by Crippen LogP contribution is 2.29. The molecule has 0 bridgehead atoms. The van der Waals surface area contributed by atoms with Gasteiger partial charge in [0, 0.05) is 24.2 Å². The SMILES string of the molecule is CCC(C)NC(=O)COc1c(Br)cccc1CNC(C)C. The summed E-state index contributed by atoms with van der Waals surface area (Å²) in [4.78, 5) is 11.8. The number of nitrogens with one attached hydrogen (secondary N) is 2. The second-order valence-corrected chi connectivity index (χ2v) is 6.28. The molecule has 0 aromatic heterocycles. The molecule has 0 saturated heterocycles. The zero-order valence-electron chi connectivity index (χ0n) is 13.2. The van der Waals surface area contributed by atoms with E-state index in [0.29, 0.717) is 12.6 Å². The predicted molar refractivity (Wildman–Crippen MR) is 89.5 cm³/mol. The summed E-state index contributed by atoms with van der Waals surface area (Å²) in [6, 6.07) is 6.45. The van der Waals surface area contributed by atoms with Crippen molar-refractivity contribution in [2.45, 2.75) is 52.7 Å². The zero-order valence-corrected chi connectivity index (χ0v) is 14.8. The molecule has 0 spiro atoms. The fourth-order valence-corrected chi connectivity index (χ4v) is 2.25. The molecule has 0 saturated carbocycles. The topological polar surface area (TPSA) is 50.4 Å². The maximum Gasteiger partial charge on any atom is 0.258 e.